The van der Waals surface area contributed by atoms with Crippen LogP contribution in [0.4, 0.5) is 15.3 Å². The van der Waals surface area contributed by atoms with Crippen LogP contribution in [0.5, 0.6) is 0 Å². The minimum Gasteiger partial charge on any atom is -0.469 e. The first-order chi connectivity index (χ1) is 14.1. The molecule has 0 atom stereocenters. The summed E-state index contributed by atoms with van der Waals surface area (Å²) in [5.41, 5.74) is 11.8. The van der Waals surface area contributed by atoms with Crippen molar-refractivity contribution in [2.75, 3.05) is 12.8 Å². The number of benzene rings is 1. The molecule has 4 N–H and O–H groups in total. The minimum absolute atomic E-state index is 0.0376. The van der Waals surface area contributed by atoms with Gasteiger partial charge in [0.2, 0.25) is 5.96 Å². The van der Waals surface area contributed by atoms with Gasteiger partial charge in [0.1, 0.15) is 11.2 Å². The van der Waals surface area contributed by atoms with Crippen LogP contribution in [0.2, 0.25) is 0 Å². The maximum absolute atomic E-state index is 12.7. The van der Waals surface area contributed by atoms with Crippen molar-refractivity contribution in [3.05, 3.63) is 29.3 Å². The van der Waals surface area contributed by atoms with Crippen molar-refractivity contribution < 1.29 is 28.6 Å². The predicted molar refractivity (Wildman–Crippen MR) is 116 cm³/mol. The second kappa shape index (κ2) is 10.1. The molecule has 2 amide bonds. The van der Waals surface area contributed by atoms with Gasteiger partial charge in [-0.15, -0.1) is 4.99 Å². The molecule has 31 heavy (non-hydrogen) atoms. The minimum atomic E-state index is -0.942. The van der Waals surface area contributed by atoms with Crippen molar-refractivity contribution in [2.24, 2.45) is 10.7 Å². The molecule has 0 heterocycles. The van der Waals surface area contributed by atoms with Crippen LogP contribution in [0.3, 0.4) is 0 Å². The van der Waals surface area contributed by atoms with Crippen molar-refractivity contribution in [3.8, 4) is 0 Å². The third-order valence-corrected chi connectivity index (χ3v) is 3.60. The molecule has 1 aromatic rings. The lowest BCUT2D eigenvalue weighted by Gasteiger charge is -2.27. The number of hydrogen-bond donors (Lipinski definition) is 2. The third-order valence-electron chi connectivity index (χ3n) is 3.60. The van der Waals surface area contributed by atoms with Gasteiger partial charge in [-0.1, -0.05) is 12.1 Å². The van der Waals surface area contributed by atoms with E-state index < -0.39 is 35.3 Å². The highest BCUT2D eigenvalue weighted by atomic mass is 16.6. The Hall–Kier alpha value is -3.30. The summed E-state index contributed by atoms with van der Waals surface area (Å²) in [5.74, 6) is -0.853. The molecule has 10 nitrogen and oxygen atoms in total. The molecule has 0 aromatic heterocycles. The summed E-state index contributed by atoms with van der Waals surface area (Å²) in [6.07, 6.45) is -1.78. The highest BCUT2D eigenvalue weighted by molar-refractivity contribution is 5.98. The molecule has 172 valence electrons. The lowest BCUT2D eigenvalue weighted by molar-refractivity contribution is -0.139. The lowest BCUT2D eigenvalue weighted by Crippen LogP contribution is -2.44. The average molecular weight is 437 g/mol. The molecule has 0 fully saturated rings. The number of carbonyl (C=O) groups excluding carboxylic acids is 3. The van der Waals surface area contributed by atoms with E-state index in [9.17, 15) is 14.4 Å². The van der Waals surface area contributed by atoms with E-state index in [1.165, 1.54) is 7.11 Å². The molecule has 1 rings (SSSR count). The molecule has 0 saturated heterocycles. The third kappa shape index (κ3) is 9.37. The number of hydrogen-bond acceptors (Lipinski definition) is 7. The number of anilines is 1. The Kier molecular flexibility index (Phi) is 8.42. The normalized spacial score (nSPS) is 12.2. The topological polar surface area (TPSA) is 147 Å². The number of nitrogens with two attached hydrogens (primary N) is 2. The predicted octanol–water partition coefficient (Wildman–Crippen LogP) is 2.97. The number of amides is 2. The average Bonchev–Trinajstić information content (AvgIpc) is 2.58. The number of nitrogens with zero attached hydrogens (tertiary/aromatic N) is 2. The first kappa shape index (κ1) is 25.7. The summed E-state index contributed by atoms with van der Waals surface area (Å²) in [6.45, 7) is 10.0. The molecule has 1 aromatic carbocycles. The van der Waals surface area contributed by atoms with E-state index in [0.717, 1.165) is 4.90 Å². The number of carbonyl (C=O) groups is 3. The van der Waals surface area contributed by atoms with E-state index in [1.54, 1.807) is 59.7 Å². The molecule has 0 spiro atoms. The Balaban J connectivity index is 3.24. The van der Waals surface area contributed by atoms with Crippen LogP contribution >= 0.6 is 0 Å². The number of rotatable bonds is 4. The molecule has 10 heteroatoms. The molecule has 0 unspecified atom stereocenters. The number of esters is 1. The zero-order chi connectivity index (χ0) is 24.0. The monoisotopic (exact) mass is 436 g/mol. The summed E-state index contributed by atoms with van der Waals surface area (Å²) < 4.78 is 15.2. The molecule has 0 radical (unpaired) electrons. The fourth-order valence-electron chi connectivity index (χ4n) is 2.32. The first-order valence-electron chi connectivity index (χ1n) is 9.63. The highest BCUT2D eigenvalue weighted by Crippen LogP contribution is 2.19. The number of nitrogen functional groups attached to an aromatic ring is 1. The quantitative estimate of drug-likeness (QED) is 0.241. The number of guanidine groups is 1. The second-order valence-corrected chi connectivity index (χ2v) is 8.80. The number of ether oxygens (including phenoxy) is 3. The largest absolute Gasteiger partial charge is 0.469 e. The van der Waals surface area contributed by atoms with Crippen LogP contribution in [-0.2, 0) is 32.0 Å². The summed E-state index contributed by atoms with van der Waals surface area (Å²) in [4.78, 5) is 41.1. The van der Waals surface area contributed by atoms with Gasteiger partial charge in [-0.05, 0) is 58.7 Å². The van der Waals surface area contributed by atoms with Gasteiger partial charge in [-0.25, -0.2) is 14.5 Å². The number of aliphatic imine (C=N–C) groups is 1. The van der Waals surface area contributed by atoms with Crippen molar-refractivity contribution in [2.45, 2.75) is 65.7 Å². The maximum atomic E-state index is 12.7. The standard InChI is InChI=1S/C21H32N4O6/c1-20(2,3)30-18(27)24-17(23)25(19(28)31-21(4,5)6)12-13-8-9-15(22)14(10-13)11-16(26)29-7/h8-10H,11-12,22H2,1-7H3,(H2,23,24,27). The molecular weight excluding hydrogens is 404 g/mol. The van der Waals surface area contributed by atoms with Gasteiger partial charge in [0.25, 0.3) is 0 Å². The Morgan fingerprint density at radius 3 is 2.13 bits per heavy atom. The fraction of sp³-hybridized carbons (Fsp3) is 0.524. The van der Waals surface area contributed by atoms with Crippen molar-refractivity contribution in [3.63, 3.8) is 0 Å². The van der Waals surface area contributed by atoms with E-state index in [-0.39, 0.29) is 13.0 Å². The van der Waals surface area contributed by atoms with Crippen LogP contribution in [0.15, 0.2) is 23.2 Å². The Bertz CT molecular complexity index is 852. The Morgan fingerprint density at radius 2 is 1.61 bits per heavy atom. The molecule has 0 aliphatic carbocycles. The van der Waals surface area contributed by atoms with E-state index in [0.29, 0.717) is 16.8 Å². The van der Waals surface area contributed by atoms with Crippen molar-refractivity contribution in [1.29, 1.82) is 0 Å². The van der Waals surface area contributed by atoms with Crippen LogP contribution in [0.25, 0.3) is 0 Å². The Labute approximate surface area is 182 Å². The fourth-order valence-corrected chi connectivity index (χ4v) is 2.32. The van der Waals surface area contributed by atoms with Crippen LogP contribution in [0.1, 0.15) is 52.7 Å². The van der Waals surface area contributed by atoms with Crippen molar-refractivity contribution in [1.82, 2.24) is 4.90 Å². The zero-order valence-corrected chi connectivity index (χ0v) is 19.1. The zero-order valence-electron chi connectivity index (χ0n) is 19.1. The van der Waals surface area contributed by atoms with Crippen LogP contribution in [-0.4, -0.2) is 47.3 Å². The van der Waals surface area contributed by atoms with E-state index >= 15 is 0 Å². The summed E-state index contributed by atoms with van der Waals surface area (Å²) in [6, 6.07) is 4.90. The van der Waals surface area contributed by atoms with E-state index in [2.05, 4.69) is 9.73 Å². The first-order valence-corrected chi connectivity index (χ1v) is 9.63. The molecule has 0 aliphatic rings. The van der Waals surface area contributed by atoms with Gasteiger partial charge in [-0.3, -0.25) is 4.79 Å². The van der Waals surface area contributed by atoms with Gasteiger partial charge in [0.15, 0.2) is 0 Å². The van der Waals surface area contributed by atoms with E-state index in [1.807, 2.05) is 0 Å². The SMILES string of the molecule is COC(=O)Cc1cc(CN(C(=O)OC(C)(C)C)C(N)=NC(=O)OC(C)(C)C)ccc1N. The van der Waals surface area contributed by atoms with Gasteiger partial charge in [0.05, 0.1) is 20.1 Å². The lowest BCUT2D eigenvalue weighted by atomic mass is 10.1. The number of methoxy groups -OCH3 is 1. The van der Waals surface area contributed by atoms with Gasteiger partial charge < -0.3 is 25.7 Å². The van der Waals surface area contributed by atoms with Gasteiger partial charge in [0, 0.05) is 5.69 Å². The molecule has 0 saturated carbocycles. The van der Waals surface area contributed by atoms with E-state index in [4.69, 9.17) is 20.9 Å². The summed E-state index contributed by atoms with van der Waals surface area (Å²) in [5, 5.41) is 0. The molecule has 0 aliphatic heterocycles. The summed E-state index contributed by atoms with van der Waals surface area (Å²) in [7, 11) is 1.28. The van der Waals surface area contributed by atoms with Gasteiger partial charge >= 0.3 is 18.2 Å². The highest BCUT2D eigenvalue weighted by Gasteiger charge is 2.26. The van der Waals surface area contributed by atoms with Crippen LogP contribution in [0, 0.1) is 0 Å². The molecular formula is C21H32N4O6. The second-order valence-electron chi connectivity index (χ2n) is 8.80. The van der Waals surface area contributed by atoms with Crippen LogP contribution < -0.4 is 11.5 Å². The Morgan fingerprint density at radius 1 is 1.03 bits per heavy atom. The maximum Gasteiger partial charge on any atom is 0.437 e. The summed E-state index contributed by atoms with van der Waals surface area (Å²) >= 11 is 0. The van der Waals surface area contributed by atoms with Crippen molar-refractivity contribution >= 4 is 29.8 Å². The smallest absolute Gasteiger partial charge is 0.437 e. The molecule has 0 bridgehead atoms. The van der Waals surface area contributed by atoms with Gasteiger partial charge in [-0.2, -0.15) is 0 Å².